The molecule has 1 N–H and O–H groups in total. The van der Waals surface area contributed by atoms with Crippen LogP contribution in [-0.4, -0.2) is 26.2 Å². The van der Waals surface area contributed by atoms with E-state index in [9.17, 15) is 4.79 Å². The molecule has 0 aliphatic carbocycles. The Hall–Kier alpha value is -0.870. The van der Waals surface area contributed by atoms with Gasteiger partial charge in [0.1, 0.15) is 0 Å². The van der Waals surface area contributed by atoms with Gasteiger partial charge in [0.05, 0.1) is 12.7 Å². The Morgan fingerprint density at radius 2 is 2.24 bits per heavy atom. The van der Waals surface area contributed by atoms with Gasteiger partial charge in [0.25, 0.3) is 0 Å². The molecule has 0 saturated carbocycles. The molecule has 1 saturated heterocycles. The van der Waals surface area contributed by atoms with E-state index in [1.54, 1.807) is 11.3 Å². The number of thiophene rings is 1. The molecule has 0 radical (unpaired) electrons. The van der Waals surface area contributed by atoms with Crippen molar-refractivity contribution in [1.82, 2.24) is 5.32 Å². The van der Waals surface area contributed by atoms with Crippen molar-refractivity contribution >= 4 is 17.3 Å². The summed E-state index contributed by atoms with van der Waals surface area (Å²) < 4.78 is 4.78. The minimum atomic E-state index is -0.213. The average molecular weight is 253 g/mol. The van der Waals surface area contributed by atoms with Crippen LogP contribution in [0, 0.1) is 12.8 Å². The second kappa shape index (κ2) is 5.65. The fourth-order valence-electron chi connectivity index (χ4n) is 2.32. The highest BCUT2D eigenvalue weighted by Gasteiger charge is 2.19. The second-order valence-corrected chi connectivity index (χ2v) is 5.55. The zero-order valence-corrected chi connectivity index (χ0v) is 11.2. The fourth-order valence-corrected chi connectivity index (χ4v) is 3.47. The predicted molar refractivity (Wildman–Crippen MR) is 69.7 cm³/mol. The summed E-state index contributed by atoms with van der Waals surface area (Å²) in [4.78, 5) is 12.9. The normalized spacial score (nSPS) is 17.1. The number of nitrogens with one attached hydrogen (secondary N) is 1. The van der Waals surface area contributed by atoms with Crippen molar-refractivity contribution in [2.45, 2.75) is 26.2 Å². The summed E-state index contributed by atoms with van der Waals surface area (Å²) >= 11 is 1.69. The summed E-state index contributed by atoms with van der Waals surface area (Å²) in [5.41, 5.74) is 1.85. The van der Waals surface area contributed by atoms with Crippen LogP contribution in [0.5, 0.6) is 0 Å². The first-order valence-electron chi connectivity index (χ1n) is 6.08. The Labute approximate surface area is 106 Å². The molecule has 3 nitrogen and oxygen atoms in total. The van der Waals surface area contributed by atoms with Crippen LogP contribution in [0.25, 0.3) is 0 Å². The van der Waals surface area contributed by atoms with Crippen LogP contribution in [0.1, 0.15) is 33.6 Å². The van der Waals surface area contributed by atoms with Gasteiger partial charge >= 0.3 is 5.97 Å². The molecule has 17 heavy (non-hydrogen) atoms. The largest absolute Gasteiger partial charge is 0.465 e. The van der Waals surface area contributed by atoms with E-state index in [0.29, 0.717) is 0 Å². The average Bonchev–Trinajstić information content (AvgIpc) is 2.72. The smallest absolute Gasteiger partial charge is 0.338 e. The maximum atomic E-state index is 11.5. The second-order valence-electron chi connectivity index (χ2n) is 4.59. The van der Waals surface area contributed by atoms with Gasteiger partial charge in [0, 0.05) is 10.3 Å². The summed E-state index contributed by atoms with van der Waals surface area (Å²) in [6.45, 7) is 4.27. The Balaban J connectivity index is 2.06. The monoisotopic (exact) mass is 253 g/mol. The lowest BCUT2D eigenvalue weighted by molar-refractivity contribution is 0.0600. The van der Waals surface area contributed by atoms with E-state index in [-0.39, 0.29) is 5.97 Å². The molecule has 1 aliphatic heterocycles. The zero-order chi connectivity index (χ0) is 12.3. The predicted octanol–water partition coefficient (Wildman–Crippen LogP) is 2.39. The number of hydrogen-bond donors (Lipinski definition) is 1. The standard InChI is InChI=1S/C13H19NO2S/c1-9-11(13(15)16-2)8-17-12(9)7-10-3-5-14-6-4-10/h8,10,14H,3-7H2,1-2H3. The minimum absolute atomic E-state index is 0.213. The Morgan fingerprint density at radius 3 is 2.88 bits per heavy atom. The minimum Gasteiger partial charge on any atom is -0.465 e. The van der Waals surface area contributed by atoms with Crippen LogP contribution >= 0.6 is 11.3 Å². The Bertz CT molecular complexity index is 394. The summed E-state index contributed by atoms with van der Waals surface area (Å²) in [7, 11) is 1.44. The van der Waals surface area contributed by atoms with Gasteiger partial charge in [-0.05, 0) is 50.8 Å². The van der Waals surface area contributed by atoms with Crippen molar-refractivity contribution in [3.8, 4) is 0 Å². The molecule has 4 heteroatoms. The molecule has 0 aromatic carbocycles. The van der Waals surface area contributed by atoms with Crippen LogP contribution in [-0.2, 0) is 11.2 Å². The van der Waals surface area contributed by atoms with E-state index >= 15 is 0 Å². The fraction of sp³-hybridized carbons (Fsp3) is 0.615. The van der Waals surface area contributed by atoms with Gasteiger partial charge in [0.15, 0.2) is 0 Å². The van der Waals surface area contributed by atoms with Gasteiger partial charge in [-0.2, -0.15) is 0 Å². The maximum absolute atomic E-state index is 11.5. The topological polar surface area (TPSA) is 38.3 Å². The molecule has 1 aromatic rings. The molecular weight excluding hydrogens is 234 g/mol. The van der Waals surface area contributed by atoms with Gasteiger partial charge in [0.2, 0.25) is 0 Å². The van der Waals surface area contributed by atoms with E-state index < -0.39 is 0 Å². The van der Waals surface area contributed by atoms with Gasteiger partial charge in [-0.3, -0.25) is 0 Å². The van der Waals surface area contributed by atoms with Crippen LogP contribution in [0.4, 0.5) is 0 Å². The third-order valence-corrected chi connectivity index (χ3v) is 4.59. The van der Waals surface area contributed by atoms with Gasteiger partial charge < -0.3 is 10.1 Å². The van der Waals surface area contributed by atoms with E-state index in [1.165, 1.54) is 24.8 Å². The number of esters is 1. The van der Waals surface area contributed by atoms with Crippen molar-refractivity contribution in [1.29, 1.82) is 0 Å². The number of piperidine rings is 1. The molecule has 0 amide bonds. The zero-order valence-electron chi connectivity index (χ0n) is 10.4. The summed E-state index contributed by atoms with van der Waals surface area (Å²) in [6, 6.07) is 0. The SMILES string of the molecule is COC(=O)c1csc(CC2CCNCC2)c1C. The lowest BCUT2D eigenvalue weighted by atomic mass is 9.93. The van der Waals surface area contributed by atoms with Crippen LogP contribution in [0.3, 0.4) is 0 Å². The summed E-state index contributed by atoms with van der Waals surface area (Å²) in [5, 5.41) is 5.31. The number of methoxy groups -OCH3 is 1. The number of rotatable bonds is 3. The van der Waals surface area contributed by atoms with Crippen molar-refractivity contribution in [3.05, 3.63) is 21.4 Å². The molecule has 1 aromatic heterocycles. The van der Waals surface area contributed by atoms with Crippen molar-refractivity contribution in [2.24, 2.45) is 5.92 Å². The van der Waals surface area contributed by atoms with Crippen LogP contribution in [0.15, 0.2) is 5.38 Å². The molecule has 1 fully saturated rings. The van der Waals surface area contributed by atoms with E-state index in [4.69, 9.17) is 4.74 Å². The van der Waals surface area contributed by atoms with Gasteiger partial charge in [-0.1, -0.05) is 0 Å². The number of carbonyl (C=O) groups is 1. The summed E-state index contributed by atoms with van der Waals surface area (Å²) in [6.07, 6.45) is 3.59. The molecule has 1 aliphatic rings. The molecule has 2 heterocycles. The number of hydrogen-bond acceptors (Lipinski definition) is 4. The first kappa shape index (κ1) is 12.6. The highest BCUT2D eigenvalue weighted by atomic mass is 32.1. The number of carbonyl (C=O) groups excluding carboxylic acids is 1. The van der Waals surface area contributed by atoms with E-state index in [1.807, 2.05) is 12.3 Å². The molecule has 0 atom stereocenters. The van der Waals surface area contributed by atoms with Crippen LogP contribution < -0.4 is 5.32 Å². The van der Waals surface area contributed by atoms with Crippen molar-refractivity contribution < 1.29 is 9.53 Å². The molecule has 2 rings (SSSR count). The van der Waals surface area contributed by atoms with Crippen molar-refractivity contribution in [2.75, 3.05) is 20.2 Å². The van der Waals surface area contributed by atoms with E-state index in [0.717, 1.165) is 36.6 Å². The van der Waals surface area contributed by atoms with Crippen molar-refractivity contribution in [3.63, 3.8) is 0 Å². The van der Waals surface area contributed by atoms with Crippen LogP contribution in [0.2, 0.25) is 0 Å². The lowest BCUT2D eigenvalue weighted by Gasteiger charge is -2.22. The maximum Gasteiger partial charge on any atom is 0.338 e. The molecule has 0 bridgehead atoms. The van der Waals surface area contributed by atoms with E-state index in [2.05, 4.69) is 5.32 Å². The Kier molecular flexibility index (Phi) is 4.18. The summed E-state index contributed by atoms with van der Waals surface area (Å²) in [5.74, 6) is 0.550. The lowest BCUT2D eigenvalue weighted by Crippen LogP contribution is -2.28. The first-order valence-corrected chi connectivity index (χ1v) is 6.96. The highest BCUT2D eigenvalue weighted by molar-refractivity contribution is 7.10. The highest BCUT2D eigenvalue weighted by Crippen LogP contribution is 2.27. The van der Waals surface area contributed by atoms with Gasteiger partial charge in [-0.25, -0.2) is 4.79 Å². The first-order chi connectivity index (χ1) is 8.22. The Morgan fingerprint density at radius 1 is 1.53 bits per heavy atom. The number of ether oxygens (including phenoxy) is 1. The quantitative estimate of drug-likeness (QED) is 0.841. The third-order valence-electron chi connectivity index (χ3n) is 3.48. The molecular formula is C13H19NO2S. The molecule has 94 valence electrons. The molecule has 0 unspecified atom stereocenters. The third kappa shape index (κ3) is 2.87. The molecule has 0 spiro atoms. The van der Waals surface area contributed by atoms with Gasteiger partial charge in [-0.15, -0.1) is 11.3 Å².